The number of hydrogen-bond donors (Lipinski definition) is 2. The molecule has 0 aromatic heterocycles. The van der Waals surface area contributed by atoms with E-state index in [1.54, 1.807) is 0 Å². The van der Waals surface area contributed by atoms with Crippen LogP contribution in [-0.2, 0) is 0 Å². The Morgan fingerprint density at radius 1 is 1.25 bits per heavy atom. The van der Waals surface area contributed by atoms with Gasteiger partial charge in [0.05, 0.1) is 0 Å². The third kappa shape index (κ3) is 2.46. The van der Waals surface area contributed by atoms with E-state index in [9.17, 15) is 0 Å². The van der Waals surface area contributed by atoms with Gasteiger partial charge in [-0.25, -0.2) is 0 Å². The number of hydrogen-bond acceptors (Lipinski definition) is 2. The second-order valence-electron chi connectivity index (χ2n) is 5.14. The van der Waals surface area contributed by atoms with Gasteiger partial charge in [0.25, 0.3) is 0 Å². The van der Waals surface area contributed by atoms with Crippen LogP contribution in [0.5, 0.6) is 0 Å². The van der Waals surface area contributed by atoms with E-state index in [1.165, 1.54) is 19.3 Å². The van der Waals surface area contributed by atoms with E-state index in [-0.39, 0.29) is 5.54 Å². The van der Waals surface area contributed by atoms with Gasteiger partial charge in [0.15, 0.2) is 0 Å². The Labute approximate surface area is 75.9 Å². The van der Waals surface area contributed by atoms with E-state index in [2.05, 4.69) is 26.1 Å². The summed E-state index contributed by atoms with van der Waals surface area (Å²) in [5.41, 5.74) is 6.37. The lowest BCUT2D eigenvalue weighted by Crippen LogP contribution is -2.49. The summed E-state index contributed by atoms with van der Waals surface area (Å²) in [4.78, 5) is 0. The third-order valence-corrected chi connectivity index (χ3v) is 3.03. The second-order valence-corrected chi connectivity index (χ2v) is 5.14. The minimum absolute atomic E-state index is 0.188. The molecule has 0 aromatic rings. The van der Waals surface area contributed by atoms with Crippen LogP contribution in [0.2, 0.25) is 0 Å². The van der Waals surface area contributed by atoms with Crippen LogP contribution >= 0.6 is 0 Å². The lowest BCUT2D eigenvalue weighted by atomic mass is 9.88. The third-order valence-electron chi connectivity index (χ3n) is 3.03. The van der Waals surface area contributed by atoms with E-state index >= 15 is 0 Å². The highest BCUT2D eigenvalue weighted by molar-refractivity contribution is 4.90. The normalized spacial score (nSPS) is 36.0. The highest BCUT2D eigenvalue weighted by atomic mass is 15.0. The Kier molecular flexibility index (Phi) is 2.79. The monoisotopic (exact) mass is 170 g/mol. The maximum Gasteiger partial charge on any atom is 0.0275 e. The van der Waals surface area contributed by atoms with Crippen molar-refractivity contribution in [2.75, 3.05) is 13.1 Å². The lowest BCUT2D eigenvalue weighted by molar-refractivity contribution is 0.303. The van der Waals surface area contributed by atoms with Gasteiger partial charge in [0.2, 0.25) is 0 Å². The summed E-state index contributed by atoms with van der Waals surface area (Å²) in [5, 5.41) is 3.57. The van der Waals surface area contributed by atoms with Crippen LogP contribution in [0, 0.1) is 5.41 Å². The quantitative estimate of drug-likeness (QED) is 0.626. The van der Waals surface area contributed by atoms with Crippen molar-refractivity contribution in [1.82, 2.24) is 5.32 Å². The number of rotatable bonds is 1. The van der Waals surface area contributed by atoms with Crippen molar-refractivity contribution < 1.29 is 0 Å². The van der Waals surface area contributed by atoms with Crippen molar-refractivity contribution in [1.29, 1.82) is 0 Å². The van der Waals surface area contributed by atoms with Crippen molar-refractivity contribution in [3.05, 3.63) is 0 Å². The standard InChI is InChI=1S/C10H22N2/c1-9(2)5-4-6-10(3,7-11)12-8-9/h12H,4-8,11H2,1-3H3. The molecule has 3 N–H and O–H groups in total. The summed E-state index contributed by atoms with van der Waals surface area (Å²) in [6, 6.07) is 0. The Morgan fingerprint density at radius 3 is 2.50 bits per heavy atom. The van der Waals surface area contributed by atoms with Gasteiger partial charge in [-0.15, -0.1) is 0 Å². The van der Waals surface area contributed by atoms with Gasteiger partial charge in [-0.2, -0.15) is 0 Å². The minimum atomic E-state index is 0.188. The van der Waals surface area contributed by atoms with E-state index < -0.39 is 0 Å². The molecule has 1 heterocycles. The summed E-state index contributed by atoms with van der Waals surface area (Å²) < 4.78 is 0. The van der Waals surface area contributed by atoms with E-state index in [0.29, 0.717) is 5.41 Å². The van der Waals surface area contributed by atoms with Gasteiger partial charge in [-0.05, 0) is 25.2 Å². The average molecular weight is 170 g/mol. The van der Waals surface area contributed by atoms with Gasteiger partial charge in [0, 0.05) is 18.6 Å². The smallest absolute Gasteiger partial charge is 0.0275 e. The van der Waals surface area contributed by atoms with Gasteiger partial charge in [-0.3, -0.25) is 0 Å². The highest BCUT2D eigenvalue weighted by Crippen LogP contribution is 2.28. The largest absolute Gasteiger partial charge is 0.329 e. The van der Waals surface area contributed by atoms with Gasteiger partial charge < -0.3 is 11.1 Å². The van der Waals surface area contributed by atoms with Crippen LogP contribution in [0.1, 0.15) is 40.0 Å². The SMILES string of the molecule is CC1(C)CCCC(C)(CN)NC1. The Balaban J connectivity index is 2.56. The summed E-state index contributed by atoms with van der Waals surface area (Å²) >= 11 is 0. The molecule has 2 heteroatoms. The molecule has 0 saturated carbocycles. The maximum absolute atomic E-state index is 5.73. The Morgan fingerprint density at radius 2 is 1.92 bits per heavy atom. The molecule has 12 heavy (non-hydrogen) atoms. The van der Waals surface area contributed by atoms with Crippen molar-refractivity contribution in [3.63, 3.8) is 0 Å². The molecule has 0 bridgehead atoms. The number of nitrogens with two attached hydrogens (primary N) is 1. The first-order chi connectivity index (χ1) is 5.47. The minimum Gasteiger partial charge on any atom is -0.329 e. The maximum atomic E-state index is 5.73. The fourth-order valence-electron chi connectivity index (χ4n) is 1.76. The topological polar surface area (TPSA) is 38.0 Å². The molecule has 1 unspecified atom stereocenters. The summed E-state index contributed by atoms with van der Waals surface area (Å²) in [7, 11) is 0. The molecule has 1 aliphatic rings. The molecule has 2 nitrogen and oxygen atoms in total. The molecule has 0 radical (unpaired) electrons. The summed E-state index contributed by atoms with van der Waals surface area (Å²) in [5.74, 6) is 0. The molecule has 1 atom stereocenters. The fraction of sp³-hybridized carbons (Fsp3) is 1.00. The van der Waals surface area contributed by atoms with Gasteiger partial charge >= 0.3 is 0 Å². The summed E-state index contributed by atoms with van der Waals surface area (Å²) in [6.45, 7) is 8.72. The molecule has 0 aromatic carbocycles. The second kappa shape index (κ2) is 3.35. The van der Waals surface area contributed by atoms with Crippen LogP contribution < -0.4 is 11.1 Å². The molecule has 1 saturated heterocycles. The van der Waals surface area contributed by atoms with Crippen LogP contribution in [0.25, 0.3) is 0 Å². The first-order valence-electron chi connectivity index (χ1n) is 4.93. The van der Waals surface area contributed by atoms with Crippen molar-refractivity contribution in [3.8, 4) is 0 Å². The van der Waals surface area contributed by atoms with Crippen molar-refractivity contribution in [2.24, 2.45) is 11.1 Å². The fourth-order valence-corrected chi connectivity index (χ4v) is 1.76. The predicted molar refractivity (Wildman–Crippen MR) is 53.1 cm³/mol. The van der Waals surface area contributed by atoms with Crippen molar-refractivity contribution in [2.45, 2.75) is 45.6 Å². The van der Waals surface area contributed by atoms with Gasteiger partial charge in [0.1, 0.15) is 0 Å². The molecule has 0 aliphatic carbocycles. The zero-order chi connectivity index (χ0) is 9.24. The zero-order valence-corrected chi connectivity index (χ0v) is 8.61. The van der Waals surface area contributed by atoms with Crippen LogP contribution in [-0.4, -0.2) is 18.6 Å². The first kappa shape index (κ1) is 10.0. The molecule has 1 aliphatic heterocycles. The van der Waals surface area contributed by atoms with E-state index in [0.717, 1.165) is 13.1 Å². The van der Waals surface area contributed by atoms with E-state index in [4.69, 9.17) is 5.73 Å². The number of nitrogens with one attached hydrogen (secondary N) is 1. The molecule has 0 amide bonds. The highest BCUT2D eigenvalue weighted by Gasteiger charge is 2.29. The van der Waals surface area contributed by atoms with E-state index in [1.807, 2.05) is 0 Å². The molecule has 0 spiro atoms. The van der Waals surface area contributed by atoms with Gasteiger partial charge in [-0.1, -0.05) is 20.3 Å². The van der Waals surface area contributed by atoms with Crippen LogP contribution in [0.3, 0.4) is 0 Å². The average Bonchev–Trinajstić information content (AvgIpc) is 2.13. The first-order valence-corrected chi connectivity index (χ1v) is 4.93. The molecule has 1 fully saturated rings. The predicted octanol–water partition coefficient (Wildman–Crippen LogP) is 1.50. The zero-order valence-electron chi connectivity index (χ0n) is 8.61. The van der Waals surface area contributed by atoms with Crippen LogP contribution in [0.15, 0.2) is 0 Å². The van der Waals surface area contributed by atoms with Crippen LogP contribution in [0.4, 0.5) is 0 Å². The Hall–Kier alpha value is -0.0800. The Bertz CT molecular complexity index is 154. The molecular formula is C10H22N2. The molecule has 1 rings (SSSR count). The molecular weight excluding hydrogens is 148 g/mol. The van der Waals surface area contributed by atoms with Crippen molar-refractivity contribution >= 4 is 0 Å². The lowest BCUT2D eigenvalue weighted by Gasteiger charge is -2.29. The molecule has 72 valence electrons. The summed E-state index contributed by atoms with van der Waals surface area (Å²) in [6.07, 6.45) is 3.83.